The first-order valence-corrected chi connectivity index (χ1v) is 7.51. The van der Waals surface area contributed by atoms with E-state index in [1.165, 1.54) is 0 Å². The summed E-state index contributed by atoms with van der Waals surface area (Å²) in [6, 6.07) is 9.76. The number of benzene rings is 1. The van der Waals surface area contributed by atoms with Crippen molar-refractivity contribution in [3.8, 4) is 0 Å². The van der Waals surface area contributed by atoms with Gasteiger partial charge in [-0.25, -0.2) is 0 Å². The highest BCUT2D eigenvalue weighted by Crippen LogP contribution is 2.32. The molecule has 1 unspecified atom stereocenters. The van der Waals surface area contributed by atoms with Gasteiger partial charge < -0.3 is 10.4 Å². The molecule has 0 bridgehead atoms. The van der Waals surface area contributed by atoms with Crippen molar-refractivity contribution >= 4 is 44.6 Å². The zero-order valence-electron chi connectivity index (χ0n) is 9.78. The lowest BCUT2D eigenvalue weighted by Crippen LogP contribution is -2.03. The Kier molecular flexibility index (Phi) is 4.67. The third-order valence-corrected chi connectivity index (χ3v) is 5.03. The van der Waals surface area contributed by atoms with Gasteiger partial charge >= 0.3 is 0 Å². The van der Waals surface area contributed by atoms with E-state index < -0.39 is 6.10 Å². The molecule has 0 radical (unpaired) electrons. The molecule has 0 spiro atoms. The van der Waals surface area contributed by atoms with E-state index in [1.54, 1.807) is 18.3 Å². The van der Waals surface area contributed by atoms with Gasteiger partial charge in [0.1, 0.15) is 4.34 Å². The van der Waals surface area contributed by atoms with Crippen LogP contribution in [-0.4, -0.2) is 5.11 Å². The van der Waals surface area contributed by atoms with Crippen LogP contribution in [0.5, 0.6) is 0 Å². The molecule has 18 heavy (non-hydrogen) atoms. The summed E-state index contributed by atoms with van der Waals surface area (Å²) >= 11 is 10.9. The molecule has 2 N–H and O–H groups in total. The number of hydrogen-bond acceptors (Lipinski definition) is 3. The number of thiophene rings is 1. The summed E-state index contributed by atoms with van der Waals surface area (Å²) in [5, 5.41) is 13.0. The molecule has 2 nitrogen and oxygen atoms in total. The molecule has 0 saturated heterocycles. The molecule has 1 atom stereocenters. The fourth-order valence-corrected chi connectivity index (χ4v) is 3.41. The topological polar surface area (TPSA) is 32.3 Å². The quantitative estimate of drug-likeness (QED) is 0.831. The summed E-state index contributed by atoms with van der Waals surface area (Å²) in [6.45, 7) is 2.46. The highest BCUT2D eigenvalue weighted by molar-refractivity contribution is 9.10. The van der Waals surface area contributed by atoms with Crippen molar-refractivity contribution in [2.24, 2.45) is 0 Å². The Balaban J connectivity index is 2.10. The number of aliphatic hydroxyl groups excluding tert-OH is 1. The smallest absolute Gasteiger partial charge is 0.107 e. The van der Waals surface area contributed by atoms with Crippen molar-refractivity contribution in [3.63, 3.8) is 0 Å². The molecular weight excluding hydrogens is 334 g/mol. The Labute approximate surface area is 124 Å². The van der Waals surface area contributed by atoms with Crippen LogP contribution in [0.15, 0.2) is 34.8 Å². The predicted octanol–water partition coefficient (Wildman–Crippen LogP) is 4.83. The number of hydrogen-bond donors (Lipinski definition) is 2. The van der Waals surface area contributed by atoms with Gasteiger partial charge in [0.25, 0.3) is 0 Å². The van der Waals surface area contributed by atoms with Crippen LogP contribution in [0.3, 0.4) is 0 Å². The molecule has 0 aliphatic rings. The minimum absolute atomic E-state index is 0.479. The van der Waals surface area contributed by atoms with E-state index in [-0.39, 0.29) is 0 Å². The van der Waals surface area contributed by atoms with Crippen LogP contribution in [0.2, 0.25) is 4.34 Å². The van der Waals surface area contributed by atoms with Gasteiger partial charge in [-0.15, -0.1) is 11.3 Å². The number of rotatable bonds is 4. The van der Waals surface area contributed by atoms with E-state index in [9.17, 15) is 5.11 Å². The van der Waals surface area contributed by atoms with Crippen molar-refractivity contribution in [1.82, 2.24) is 0 Å². The Bertz CT molecular complexity index is 522. The first kappa shape index (κ1) is 13.9. The minimum atomic E-state index is -0.479. The lowest BCUT2D eigenvalue weighted by atomic mass is 10.1. The number of anilines is 1. The Morgan fingerprint density at radius 3 is 2.78 bits per heavy atom. The molecule has 1 heterocycles. The highest BCUT2D eigenvalue weighted by atomic mass is 79.9. The third kappa shape index (κ3) is 3.26. The van der Waals surface area contributed by atoms with E-state index in [1.807, 2.05) is 30.3 Å². The van der Waals surface area contributed by atoms with Crippen molar-refractivity contribution in [2.75, 3.05) is 5.32 Å². The van der Waals surface area contributed by atoms with E-state index in [2.05, 4.69) is 21.2 Å². The van der Waals surface area contributed by atoms with Crippen molar-refractivity contribution in [2.45, 2.75) is 19.6 Å². The van der Waals surface area contributed by atoms with Crippen molar-refractivity contribution in [3.05, 3.63) is 49.6 Å². The molecule has 96 valence electrons. The SMILES string of the molecule is CC(O)c1ccccc1NCc1cc(Br)c(Cl)s1. The monoisotopic (exact) mass is 345 g/mol. The van der Waals surface area contributed by atoms with Gasteiger partial charge in [0, 0.05) is 27.1 Å². The lowest BCUT2D eigenvalue weighted by molar-refractivity contribution is 0.200. The predicted molar refractivity (Wildman–Crippen MR) is 81.4 cm³/mol. The summed E-state index contributed by atoms with van der Waals surface area (Å²) in [6.07, 6.45) is -0.479. The lowest BCUT2D eigenvalue weighted by Gasteiger charge is -2.13. The normalized spacial score (nSPS) is 12.4. The van der Waals surface area contributed by atoms with E-state index in [4.69, 9.17) is 11.6 Å². The molecule has 0 saturated carbocycles. The summed E-state index contributed by atoms with van der Waals surface area (Å²) in [5.74, 6) is 0. The van der Waals surface area contributed by atoms with Crippen LogP contribution < -0.4 is 5.32 Å². The number of aliphatic hydroxyl groups is 1. The van der Waals surface area contributed by atoms with Crippen LogP contribution >= 0.6 is 38.9 Å². The van der Waals surface area contributed by atoms with Crippen LogP contribution in [-0.2, 0) is 6.54 Å². The van der Waals surface area contributed by atoms with E-state index in [0.29, 0.717) is 6.54 Å². The zero-order valence-corrected chi connectivity index (χ0v) is 12.9. The molecule has 2 aromatic rings. The standard InChI is InChI=1S/C13H13BrClNOS/c1-8(17)10-4-2-3-5-12(10)16-7-9-6-11(14)13(15)18-9/h2-6,8,16-17H,7H2,1H3. The van der Waals surface area contributed by atoms with Crippen molar-refractivity contribution < 1.29 is 5.11 Å². The molecule has 0 aliphatic heterocycles. The molecule has 0 fully saturated rings. The van der Waals surface area contributed by atoms with Gasteiger partial charge in [-0.3, -0.25) is 0 Å². The highest BCUT2D eigenvalue weighted by Gasteiger charge is 2.08. The fraction of sp³-hybridized carbons (Fsp3) is 0.231. The van der Waals surface area contributed by atoms with Gasteiger partial charge in [-0.2, -0.15) is 0 Å². The summed E-state index contributed by atoms with van der Waals surface area (Å²) in [5.41, 5.74) is 1.85. The molecular formula is C13H13BrClNOS. The van der Waals surface area contributed by atoms with Crippen LogP contribution in [0.25, 0.3) is 0 Å². The molecule has 5 heteroatoms. The van der Waals surface area contributed by atoms with Gasteiger partial charge in [-0.05, 0) is 35.0 Å². The average Bonchev–Trinajstić information content (AvgIpc) is 2.66. The summed E-state index contributed by atoms with van der Waals surface area (Å²) < 4.78 is 1.69. The van der Waals surface area contributed by atoms with Gasteiger partial charge in [0.05, 0.1) is 6.10 Å². The van der Waals surface area contributed by atoms with Crippen LogP contribution in [0.4, 0.5) is 5.69 Å². The van der Waals surface area contributed by atoms with E-state index in [0.717, 1.165) is 24.9 Å². The average molecular weight is 347 g/mol. The fourth-order valence-electron chi connectivity index (χ4n) is 1.68. The first-order valence-electron chi connectivity index (χ1n) is 5.52. The molecule has 1 aromatic carbocycles. The summed E-state index contributed by atoms with van der Waals surface area (Å²) in [7, 11) is 0. The number of nitrogens with one attached hydrogen (secondary N) is 1. The first-order chi connectivity index (χ1) is 8.58. The van der Waals surface area contributed by atoms with Crippen LogP contribution in [0.1, 0.15) is 23.5 Å². The Morgan fingerprint density at radius 1 is 1.44 bits per heavy atom. The Morgan fingerprint density at radius 2 is 2.17 bits per heavy atom. The minimum Gasteiger partial charge on any atom is -0.389 e. The summed E-state index contributed by atoms with van der Waals surface area (Å²) in [4.78, 5) is 1.15. The second-order valence-electron chi connectivity index (χ2n) is 3.95. The maximum Gasteiger partial charge on any atom is 0.107 e. The third-order valence-electron chi connectivity index (χ3n) is 2.56. The largest absolute Gasteiger partial charge is 0.389 e. The van der Waals surface area contributed by atoms with E-state index >= 15 is 0 Å². The maximum atomic E-state index is 9.68. The van der Waals surface area contributed by atoms with Gasteiger partial charge in [-0.1, -0.05) is 29.8 Å². The second kappa shape index (κ2) is 6.06. The van der Waals surface area contributed by atoms with Gasteiger partial charge in [0.15, 0.2) is 0 Å². The number of halogens is 2. The number of para-hydroxylation sites is 1. The van der Waals surface area contributed by atoms with Crippen molar-refractivity contribution in [1.29, 1.82) is 0 Å². The molecule has 0 aliphatic carbocycles. The van der Waals surface area contributed by atoms with Gasteiger partial charge in [0.2, 0.25) is 0 Å². The second-order valence-corrected chi connectivity index (χ2v) is 6.54. The molecule has 0 amide bonds. The molecule has 2 rings (SSSR count). The van der Waals surface area contributed by atoms with Crippen LogP contribution in [0, 0.1) is 0 Å². The Hall–Kier alpha value is -0.550. The zero-order chi connectivity index (χ0) is 13.1. The maximum absolute atomic E-state index is 9.68. The molecule has 1 aromatic heterocycles.